The monoisotopic (exact) mass is 273 g/mol. The number of nitrogens with zero attached hydrogens (tertiary/aromatic N) is 3. The van der Waals surface area contributed by atoms with Crippen molar-refractivity contribution in [2.75, 3.05) is 13.1 Å². The third-order valence-electron chi connectivity index (χ3n) is 3.73. The molecule has 1 amide bonds. The van der Waals surface area contributed by atoms with Crippen LogP contribution in [0.5, 0.6) is 0 Å². The first-order valence-electron chi connectivity index (χ1n) is 6.40. The Morgan fingerprint density at radius 1 is 1.45 bits per heavy atom. The first kappa shape index (κ1) is 14.0. The molecule has 104 valence electrons. The lowest BCUT2D eigenvalue weighted by atomic mass is 9.82. The molecule has 1 fully saturated rings. The van der Waals surface area contributed by atoms with Crippen LogP contribution in [0.1, 0.15) is 30.1 Å². The molecule has 1 aliphatic rings. The van der Waals surface area contributed by atoms with Crippen LogP contribution in [-0.2, 0) is 0 Å². The highest BCUT2D eigenvalue weighted by atomic mass is 16.6. The smallest absolute Gasteiger partial charge is 0.270 e. The van der Waals surface area contributed by atoms with Crippen LogP contribution >= 0.6 is 0 Å². The van der Waals surface area contributed by atoms with Crippen LogP contribution in [0.2, 0.25) is 0 Å². The summed E-state index contributed by atoms with van der Waals surface area (Å²) in [7, 11) is 0. The molecule has 0 unspecified atom stereocenters. The van der Waals surface area contributed by atoms with Crippen LogP contribution in [0.4, 0.5) is 5.69 Å². The van der Waals surface area contributed by atoms with Gasteiger partial charge in [-0.05, 0) is 25.8 Å². The molecule has 1 saturated heterocycles. The second-order valence-corrected chi connectivity index (χ2v) is 5.27. The number of nitro groups is 1. The van der Waals surface area contributed by atoms with Crippen molar-refractivity contribution in [1.29, 1.82) is 5.26 Å². The summed E-state index contributed by atoms with van der Waals surface area (Å²) in [5.41, 5.74) is -0.145. The number of piperidine rings is 1. The van der Waals surface area contributed by atoms with E-state index in [0.717, 1.165) is 0 Å². The summed E-state index contributed by atoms with van der Waals surface area (Å²) in [6.07, 6.45) is 1.26. The van der Waals surface area contributed by atoms with Gasteiger partial charge >= 0.3 is 0 Å². The van der Waals surface area contributed by atoms with Gasteiger partial charge in [-0.15, -0.1) is 0 Å². The Morgan fingerprint density at radius 3 is 2.65 bits per heavy atom. The zero-order valence-electron chi connectivity index (χ0n) is 11.2. The van der Waals surface area contributed by atoms with Gasteiger partial charge in [-0.3, -0.25) is 14.9 Å². The zero-order valence-corrected chi connectivity index (χ0v) is 11.2. The van der Waals surface area contributed by atoms with E-state index in [4.69, 9.17) is 5.26 Å². The van der Waals surface area contributed by atoms with Crippen molar-refractivity contribution in [3.05, 3.63) is 39.9 Å². The molecule has 6 heteroatoms. The van der Waals surface area contributed by atoms with Crippen molar-refractivity contribution in [2.45, 2.75) is 19.8 Å². The van der Waals surface area contributed by atoms with Crippen LogP contribution in [0.25, 0.3) is 0 Å². The van der Waals surface area contributed by atoms with Gasteiger partial charge in [0, 0.05) is 30.8 Å². The Labute approximate surface area is 116 Å². The lowest BCUT2D eigenvalue weighted by molar-refractivity contribution is -0.384. The molecule has 1 heterocycles. The second kappa shape index (κ2) is 5.29. The number of benzene rings is 1. The van der Waals surface area contributed by atoms with Gasteiger partial charge in [0.15, 0.2) is 0 Å². The molecule has 0 saturated carbocycles. The van der Waals surface area contributed by atoms with E-state index in [1.807, 2.05) is 6.92 Å². The minimum absolute atomic E-state index is 0.0882. The number of carbonyl (C=O) groups is 1. The van der Waals surface area contributed by atoms with Crippen molar-refractivity contribution in [1.82, 2.24) is 4.90 Å². The largest absolute Gasteiger partial charge is 0.339 e. The molecule has 6 nitrogen and oxygen atoms in total. The number of carbonyl (C=O) groups excluding carboxylic acids is 1. The minimum atomic E-state index is -0.514. The standard InChI is InChI=1S/C14H15N3O3/c1-14(10-15)5-7-16(8-6-14)13(18)11-3-2-4-12(9-11)17(19)20/h2-4,9H,5-8H2,1H3. The van der Waals surface area contributed by atoms with Gasteiger partial charge in [-0.2, -0.15) is 5.26 Å². The molecule has 1 aromatic rings. The molecule has 0 N–H and O–H groups in total. The predicted octanol–water partition coefficient (Wildman–Crippen LogP) is 2.36. The first-order chi connectivity index (χ1) is 9.45. The van der Waals surface area contributed by atoms with Crippen LogP contribution < -0.4 is 0 Å². The van der Waals surface area contributed by atoms with Crippen molar-refractivity contribution in [3.8, 4) is 6.07 Å². The fraction of sp³-hybridized carbons (Fsp3) is 0.429. The average molecular weight is 273 g/mol. The van der Waals surface area contributed by atoms with E-state index < -0.39 is 4.92 Å². The summed E-state index contributed by atoms with van der Waals surface area (Å²) in [6, 6.07) is 8.01. The van der Waals surface area contributed by atoms with Crippen LogP contribution in [-0.4, -0.2) is 28.8 Å². The molecular formula is C14H15N3O3. The van der Waals surface area contributed by atoms with Gasteiger partial charge in [0.05, 0.1) is 16.4 Å². The summed E-state index contributed by atoms with van der Waals surface area (Å²) < 4.78 is 0. The maximum absolute atomic E-state index is 12.3. The number of likely N-dealkylation sites (tertiary alicyclic amines) is 1. The van der Waals surface area contributed by atoms with Gasteiger partial charge in [0.25, 0.3) is 11.6 Å². The Bertz CT molecular complexity index is 584. The fourth-order valence-electron chi connectivity index (χ4n) is 2.25. The van der Waals surface area contributed by atoms with Gasteiger partial charge < -0.3 is 4.90 Å². The Balaban J connectivity index is 2.12. The van der Waals surface area contributed by atoms with Crippen molar-refractivity contribution in [2.24, 2.45) is 5.41 Å². The Morgan fingerprint density at radius 2 is 2.10 bits per heavy atom. The molecule has 0 aliphatic carbocycles. The summed E-state index contributed by atoms with van der Waals surface area (Å²) in [6.45, 7) is 2.90. The molecule has 0 bridgehead atoms. The fourth-order valence-corrected chi connectivity index (χ4v) is 2.25. The number of rotatable bonds is 2. The highest BCUT2D eigenvalue weighted by molar-refractivity contribution is 5.94. The van der Waals surface area contributed by atoms with Gasteiger partial charge in [-0.1, -0.05) is 6.07 Å². The van der Waals surface area contributed by atoms with E-state index in [1.54, 1.807) is 11.0 Å². The minimum Gasteiger partial charge on any atom is -0.339 e. The second-order valence-electron chi connectivity index (χ2n) is 5.27. The zero-order chi connectivity index (χ0) is 14.8. The Kier molecular flexibility index (Phi) is 3.70. The molecule has 20 heavy (non-hydrogen) atoms. The van der Waals surface area contributed by atoms with Crippen LogP contribution in [0.3, 0.4) is 0 Å². The quantitative estimate of drug-likeness (QED) is 0.611. The van der Waals surface area contributed by atoms with E-state index in [-0.39, 0.29) is 17.0 Å². The number of nitriles is 1. The maximum Gasteiger partial charge on any atom is 0.270 e. The van der Waals surface area contributed by atoms with Crippen molar-refractivity contribution in [3.63, 3.8) is 0 Å². The topological polar surface area (TPSA) is 87.2 Å². The SMILES string of the molecule is CC1(C#N)CCN(C(=O)c2cccc([N+](=O)[O-])c2)CC1. The summed E-state index contributed by atoms with van der Waals surface area (Å²) in [4.78, 5) is 24.2. The third-order valence-corrected chi connectivity index (χ3v) is 3.73. The van der Waals surface area contributed by atoms with Crippen molar-refractivity contribution < 1.29 is 9.72 Å². The van der Waals surface area contributed by atoms with Crippen LogP contribution in [0, 0.1) is 26.9 Å². The molecule has 0 atom stereocenters. The van der Waals surface area contributed by atoms with E-state index >= 15 is 0 Å². The maximum atomic E-state index is 12.3. The van der Waals surface area contributed by atoms with Gasteiger partial charge in [0.1, 0.15) is 0 Å². The predicted molar refractivity (Wildman–Crippen MR) is 72.0 cm³/mol. The third kappa shape index (κ3) is 2.77. The highest BCUT2D eigenvalue weighted by Crippen LogP contribution is 2.30. The van der Waals surface area contributed by atoms with E-state index in [9.17, 15) is 14.9 Å². The molecule has 1 aliphatic heterocycles. The molecule has 2 rings (SSSR count). The molecule has 1 aromatic carbocycles. The lowest BCUT2D eigenvalue weighted by Crippen LogP contribution is -2.41. The highest BCUT2D eigenvalue weighted by Gasteiger charge is 2.32. The average Bonchev–Trinajstić information content (AvgIpc) is 2.47. The number of amides is 1. The Hall–Kier alpha value is -2.42. The number of hydrogen-bond acceptors (Lipinski definition) is 4. The van der Waals surface area contributed by atoms with Gasteiger partial charge in [-0.25, -0.2) is 0 Å². The molecule has 0 radical (unpaired) electrons. The first-order valence-corrected chi connectivity index (χ1v) is 6.40. The lowest BCUT2D eigenvalue weighted by Gasteiger charge is -2.34. The number of nitro benzene ring substituents is 1. The number of non-ortho nitro benzene ring substituents is 1. The molecule has 0 spiro atoms. The van der Waals surface area contributed by atoms with Gasteiger partial charge in [0.2, 0.25) is 0 Å². The summed E-state index contributed by atoms with van der Waals surface area (Å²) in [5, 5.41) is 19.8. The van der Waals surface area contributed by atoms with Crippen molar-refractivity contribution >= 4 is 11.6 Å². The van der Waals surface area contributed by atoms with E-state index in [2.05, 4.69) is 6.07 Å². The van der Waals surface area contributed by atoms with E-state index in [0.29, 0.717) is 31.5 Å². The summed E-state index contributed by atoms with van der Waals surface area (Å²) in [5.74, 6) is -0.214. The molecule has 0 aromatic heterocycles. The summed E-state index contributed by atoms with van der Waals surface area (Å²) >= 11 is 0. The van der Waals surface area contributed by atoms with E-state index in [1.165, 1.54) is 18.2 Å². The van der Waals surface area contributed by atoms with Crippen LogP contribution in [0.15, 0.2) is 24.3 Å². The number of hydrogen-bond donors (Lipinski definition) is 0. The normalized spacial score (nSPS) is 17.3. The molecular weight excluding hydrogens is 258 g/mol.